The maximum Gasteiger partial charge on any atom is 0.182 e. The zero-order valence-corrected chi connectivity index (χ0v) is 6.15. The number of pyridine rings is 1. The number of hydrogen-bond acceptors (Lipinski definition) is 3. The molecule has 0 fully saturated rings. The van der Waals surface area contributed by atoms with Gasteiger partial charge in [-0.15, -0.1) is 0 Å². The van der Waals surface area contributed by atoms with Crippen LogP contribution < -0.4 is 0 Å². The molecule has 0 spiro atoms. The van der Waals surface area contributed by atoms with E-state index in [-0.39, 0.29) is 0 Å². The number of aromatic nitrogens is 1. The van der Waals surface area contributed by atoms with Crippen molar-refractivity contribution >= 4 is 0 Å². The minimum Gasteiger partial charge on any atom is -0.373 e. The molecule has 0 saturated heterocycles. The van der Waals surface area contributed by atoms with Crippen LogP contribution in [0.4, 0.5) is 0 Å². The summed E-state index contributed by atoms with van der Waals surface area (Å²) in [5.74, 6) is 0. The Balaban J connectivity index is 2.98. The number of hydrogen-bond donors (Lipinski definition) is 1. The van der Waals surface area contributed by atoms with E-state index in [2.05, 4.69) is 4.98 Å². The summed E-state index contributed by atoms with van der Waals surface area (Å²) in [5, 5.41) is 17.4. The van der Waals surface area contributed by atoms with Gasteiger partial charge in [0.25, 0.3) is 0 Å². The normalized spacial score (nSPS) is 12.1. The summed E-state index contributed by atoms with van der Waals surface area (Å²) in [6, 6.07) is 6.90. The standard InChI is InChI=1S/C8H8N2O/c1-6-3-2-4-7(10-6)8(11)5-9/h2-4,8,11H,1H3. The first-order valence-corrected chi connectivity index (χ1v) is 3.25. The molecule has 56 valence electrons. The molecule has 0 aliphatic heterocycles. The van der Waals surface area contributed by atoms with Crippen LogP contribution in [-0.2, 0) is 0 Å². The third kappa shape index (κ3) is 1.76. The molecule has 1 aromatic heterocycles. The fourth-order valence-electron chi connectivity index (χ4n) is 0.783. The Hall–Kier alpha value is -1.40. The lowest BCUT2D eigenvalue weighted by atomic mass is 10.2. The summed E-state index contributed by atoms with van der Waals surface area (Å²) in [6.45, 7) is 1.81. The molecule has 1 N–H and O–H groups in total. The van der Waals surface area contributed by atoms with E-state index in [0.717, 1.165) is 5.69 Å². The van der Waals surface area contributed by atoms with Gasteiger partial charge in [-0.1, -0.05) is 6.07 Å². The lowest BCUT2D eigenvalue weighted by Crippen LogP contribution is -1.97. The summed E-state index contributed by atoms with van der Waals surface area (Å²) in [6.07, 6.45) is -1.10. The summed E-state index contributed by atoms with van der Waals surface area (Å²) in [7, 11) is 0. The number of aliphatic hydroxyl groups excluding tert-OH is 1. The summed E-state index contributed by atoms with van der Waals surface area (Å²) in [5.41, 5.74) is 1.21. The van der Waals surface area contributed by atoms with Crippen LogP contribution in [0.1, 0.15) is 17.5 Å². The first kappa shape index (κ1) is 7.70. The fraction of sp³-hybridized carbons (Fsp3) is 0.250. The maximum atomic E-state index is 9.03. The van der Waals surface area contributed by atoms with Crippen molar-refractivity contribution in [1.82, 2.24) is 4.98 Å². The molecule has 1 unspecified atom stereocenters. The molecule has 0 aromatic carbocycles. The Kier molecular flexibility index (Phi) is 2.19. The van der Waals surface area contributed by atoms with E-state index in [1.165, 1.54) is 0 Å². The van der Waals surface area contributed by atoms with Crippen LogP contribution in [0.3, 0.4) is 0 Å². The van der Waals surface area contributed by atoms with Crippen molar-refractivity contribution in [2.24, 2.45) is 0 Å². The van der Waals surface area contributed by atoms with E-state index in [4.69, 9.17) is 10.4 Å². The van der Waals surface area contributed by atoms with Gasteiger partial charge < -0.3 is 5.11 Å². The minimum atomic E-state index is -1.10. The molecule has 0 aliphatic carbocycles. The fourth-order valence-corrected chi connectivity index (χ4v) is 0.783. The molecule has 11 heavy (non-hydrogen) atoms. The molecule has 1 heterocycles. The highest BCUT2D eigenvalue weighted by atomic mass is 16.3. The van der Waals surface area contributed by atoms with E-state index < -0.39 is 6.10 Å². The van der Waals surface area contributed by atoms with E-state index in [1.54, 1.807) is 18.2 Å². The van der Waals surface area contributed by atoms with E-state index in [0.29, 0.717) is 5.69 Å². The van der Waals surface area contributed by atoms with Crippen LogP contribution in [0.2, 0.25) is 0 Å². The molecule has 1 rings (SSSR count). The molecule has 0 saturated carbocycles. The molecule has 1 aromatic rings. The zero-order chi connectivity index (χ0) is 8.27. The molecule has 1 atom stereocenters. The van der Waals surface area contributed by atoms with Crippen molar-refractivity contribution in [3.8, 4) is 6.07 Å². The zero-order valence-electron chi connectivity index (χ0n) is 6.15. The average Bonchev–Trinajstić information content (AvgIpc) is 2.03. The number of rotatable bonds is 1. The predicted molar refractivity (Wildman–Crippen MR) is 39.5 cm³/mol. The van der Waals surface area contributed by atoms with Gasteiger partial charge in [-0.05, 0) is 19.1 Å². The van der Waals surface area contributed by atoms with Crippen LogP contribution in [0, 0.1) is 18.3 Å². The Morgan fingerprint density at radius 3 is 2.91 bits per heavy atom. The molecule has 0 bridgehead atoms. The number of aliphatic hydroxyl groups is 1. The van der Waals surface area contributed by atoms with Crippen molar-refractivity contribution in [2.45, 2.75) is 13.0 Å². The van der Waals surface area contributed by atoms with Crippen LogP contribution in [0.15, 0.2) is 18.2 Å². The molecule has 3 heteroatoms. The van der Waals surface area contributed by atoms with Crippen LogP contribution in [0.5, 0.6) is 0 Å². The SMILES string of the molecule is Cc1cccc(C(O)C#N)n1. The highest BCUT2D eigenvalue weighted by Crippen LogP contribution is 2.07. The lowest BCUT2D eigenvalue weighted by molar-refractivity contribution is 0.230. The van der Waals surface area contributed by atoms with Crippen molar-refractivity contribution in [1.29, 1.82) is 5.26 Å². The topological polar surface area (TPSA) is 56.9 Å². The predicted octanol–water partition coefficient (Wildman–Crippen LogP) is 0.947. The van der Waals surface area contributed by atoms with Gasteiger partial charge in [-0.3, -0.25) is 4.98 Å². The van der Waals surface area contributed by atoms with Gasteiger partial charge in [0.1, 0.15) is 6.07 Å². The third-order valence-electron chi connectivity index (χ3n) is 1.31. The minimum absolute atomic E-state index is 0.410. The second-order valence-electron chi connectivity index (χ2n) is 2.24. The summed E-state index contributed by atoms with van der Waals surface area (Å²) in [4.78, 5) is 3.97. The summed E-state index contributed by atoms with van der Waals surface area (Å²) < 4.78 is 0. The van der Waals surface area contributed by atoms with Crippen LogP contribution >= 0.6 is 0 Å². The number of nitrogens with zero attached hydrogens (tertiary/aromatic N) is 2. The Morgan fingerprint density at radius 2 is 2.36 bits per heavy atom. The van der Waals surface area contributed by atoms with Crippen LogP contribution in [0.25, 0.3) is 0 Å². The van der Waals surface area contributed by atoms with Gasteiger partial charge in [0.2, 0.25) is 0 Å². The van der Waals surface area contributed by atoms with Gasteiger partial charge in [-0.25, -0.2) is 0 Å². The van der Waals surface area contributed by atoms with E-state index in [1.807, 2.05) is 13.0 Å². The third-order valence-corrected chi connectivity index (χ3v) is 1.31. The molecular weight excluding hydrogens is 140 g/mol. The smallest absolute Gasteiger partial charge is 0.182 e. The van der Waals surface area contributed by atoms with Gasteiger partial charge in [-0.2, -0.15) is 5.26 Å². The largest absolute Gasteiger partial charge is 0.373 e. The molecular formula is C8H8N2O. The van der Waals surface area contributed by atoms with Gasteiger partial charge in [0.05, 0.1) is 5.69 Å². The summed E-state index contributed by atoms with van der Waals surface area (Å²) >= 11 is 0. The number of aryl methyl sites for hydroxylation is 1. The molecule has 3 nitrogen and oxygen atoms in total. The van der Waals surface area contributed by atoms with Crippen LogP contribution in [-0.4, -0.2) is 10.1 Å². The monoisotopic (exact) mass is 148 g/mol. The van der Waals surface area contributed by atoms with Gasteiger partial charge >= 0.3 is 0 Å². The number of nitriles is 1. The second-order valence-corrected chi connectivity index (χ2v) is 2.24. The van der Waals surface area contributed by atoms with E-state index >= 15 is 0 Å². The molecule has 0 radical (unpaired) electrons. The van der Waals surface area contributed by atoms with E-state index in [9.17, 15) is 0 Å². The average molecular weight is 148 g/mol. The first-order chi connectivity index (χ1) is 5.24. The maximum absolute atomic E-state index is 9.03. The van der Waals surface area contributed by atoms with Crippen molar-refractivity contribution < 1.29 is 5.11 Å². The lowest BCUT2D eigenvalue weighted by Gasteiger charge is -2.00. The van der Waals surface area contributed by atoms with Crippen molar-refractivity contribution in [3.05, 3.63) is 29.6 Å². The molecule has 0 amide bonds. The van der Waals surface area contributed by atoms with Gasteiger partial charge in [0.15, 0.2) is 6.10 Å². The first-order valence-electron chi connectivity index (χ1n) is 3.25. The van der Waals surface area contributed by atoms with Crippen molar-refractivity contribution in [3.63, 3.8) is 0 Å². The Morgan fingerprint density at radius 1 is 1.64 bits per heavy atom. The highest BCUT2D eigenvalue weighted by Gasteiger charge is 2.05. The Bertz CT molecular complexity index is 290. The Labute approximate surface area is 64.9 Å². The molecule has 0 aliphatic rings. The second kappa shape index (κ2) is 3.13. The quantitative estimate of drug-likeness (QED) is 0.603. The van der Waals surface area contributed by atoms with Crippen molar-refractivity contribution in [2.75, 3.05) is 0 Å². The highest BCUT2D eigenvalue weighted by molar-refractivity contribution is 5.15. The van der Waals surface area contributed by atoms with Gasteiger partial charge in [0, 0.05) is 5.69 Å².